The predicted octanol–water partition coefficient (Wildman–Crippen LogP) is 20.9. The van der Waals surface area contributed by atoms with Gasteiger partial charge in [-0.1, -0.05) is 267 Å². The zero-order chi connectivity index (χ0) is 56.9. The van der Waals surface area contributed by atoms with Gasteiger partial charge in [-0.3, -0.25) is 0 Å². The zero-order valence-corrected chi connectivity index (χ0v) is 46.3. The maximum absolute atomic E-state index is 10.9. The molecular weight excluding hydrogens is 1020 g/mol. The molecule has 12 aromatic rings. The number of para-hydroxylation sites is 2. The summed E-state index contributed by atoms with van der Waals surface area (Å²) >= 11 is 0. The van der Waals surface area contributed by atoms with E-state index in [1.54, 1.807) is 0 Å². The van der Waals surface area contributed by atoms with Crippen LogP contribution < -0.4 is 9.80 Å². The van der Waals surface area contributed by atoms with Crippen molar-refractivity contribution in [1.82, 2.24) is 0 Å². The highest BCUT2D eigenvalue weighted by Gasteiger charge is 2.29. The second-order valence-corrected chi connectivity index (χ2v) is 20.6. The van der Waals surface area contributed by atoms with Gasteiger partial charge < -0.3 is 9.80 Å². The summed E-state index contributed by atoms with van der Waals surface area (Å²) in [6, 6.07) is 121. The summed E-state index contributed by atoms with van der Waals surface area (Å²) < 4.78 is 0. The standard InChI is InChI=1S/C80H58N4/c1-82-80(68-48-56-74(57-49-68)84(70-40-24-9-25-41-70)73-54-46-67(47-55-73)79(65-36-20-7-21-37-65)77(62-30-14-4-15-31-62)63-32-16-5-17-33-63)75(58-81)59-42-50-71(51-43-59)83(69-38-22-8-23-39-69)72-52-44-66(45-53-72)78(64-34-18-6-19-35-64)76(60-26-10-2-11-27-60)61-28-12-3-13-29-61/h2-57,77,79H/b80-75-. The number of hydrogen-bond acceptors (Lipinski definition) is 3. The van der Waals surface area contributed by atoms with Gasteiger partial charge >= 0.3 is 0 Å². The van der Waals surface area contributed by atoms with E-state index in [0.29, 0.717) is 16.7 Å². The maximum Gasteiger partial charge on any atom is 0.212 e. The van der Waals surface area contributed by atoms with Crippen LogP contribution in [0.15, 0.2) is 340 Å². The monoisotopic (exact) mass is 1070 g/mol. The summed E-state index contributed by atoms with van der Waals surface area (Å²) in [5.74, 6) is 0.112. The Hall–Kier alpha value is -11.3. The molecule has 4 nitrogen and oxygen atoms in total. The Morgan fingerprint density at radius 1 is 0.274 bits per heavy atom. The topological polar surface area (TPSA) is 34.6 Å². The number of nitrogens with zero attached hydrogens (tertiary/aromatic N) is 4. The van der Waals surface area contributed by atoms with Crippen molar-refractivity contribution in [3.8, 4) is 6.07 Å². The van der Waals surface area contributed by atoms with Crippen LogP contribution in [0.4, 0.5) is 34.1 Å². The van der Waals surface area contributed by atoms with Crippen LogP contribution in [0.3, 0.4) is 0 Å². The van der Waals surface area contributed by atoms with Crippen molar-refractivity contribution in [2.75, 3.05) is 9.80 Å². The minimum Gasteiger partial charge on any atom is -0.311 e. The molecule has 1 unspecified atom stereocenters. The quantitative estimate of drug-likeness (QED) is 0.0518. The van der Waals surface area contributed by atoms with Gasteiger partial charge in [0.1, 0.15) is 0 Å². The molecule has 398 valence electrons. The van der Waals surface area contributed by atoms with E-state index in [1.807, 2.05) is 72.8 Å². The molecular formula is C80H58N4. The lowest BCUT2D eigenvalue weighted by Gasteiger charge is -2.30. The van der Waals surface area contributed by atoms with Gasteiger partial charge in [0, 0.05) is 46.0 Å². The van der Waals surface area contributed by atoms with Gasteiger partial charge in [0.05, 0.1) is 18.2 Å². The SMILES string of the molecule is [C-]#[N+]/C(=C(/C#N)c1ccc(N(c2ccccc2)c2ccc(C(=C(c3ccccc3)c3ccccc3)c3ccccc3)cc2)cc1)c1ccc(N(c2ccccc2)c2ccc(C(c3ccccc3)C(c3ccccc3)c3ccccc3)cc2)cc1. The number of nitriles is 1. The molecule has 1 atom stereocenters. The van der Waals surface area contributed by atoms with Crippen LogP contribution in [0, 0.1) is 17.9 Å². The Kier molecular flexibility index (Phi) is 16.2. The molecule has 0 amide bonds. The fourth-order valence-electron chi connectivity index (χ4n) is 11.6. The van der Waals surface area contributed by atoms with E-state index in [2.05, 4.69) is 288 Å². The Morgan fingerprint density at radius 2 is 0.512 bits per heavy atom. The highest BCUT2D eigenvalue weighted by molar-refractivity contribution is 6.05. The smallest absolute Gasteiger partial charge is 0.212 e. The molecule has 0 N–H and O–H groups in total. The van der Waals surface area contributed by atoms with E-state index < -0.39 is 0 Å². The molecule has 84 heavy (non-hydrogen) atoms. The van der Waals surface area contributed by atoms with Gasteiger partial charge in [0.15, 0.2) is 0 Å². The normalized spacial score (nSPS) is 11.6. The molecule has 0 fully saturated rings. The molecule has 0 aliphatic rings. The third-order valence-electron chi connectivity index (χ3n) is 15.5. The lowest BCUT2D eigenvalue weighted by molar-refractivity contribution is 0.694. The van der Waals surface area contributed by atoms with Crippen molar-refractivity contribution >= 4 is 56.5 Å². The van der Waals surface area contributed by atoms with Crippen LogP contribution in [-0.4, -0.2) is 0 Å². The van der Waals surface area contributed by atoms with Crippen molar-refractivity contribution in [2.45, 2.75) is 11.8 Å². The second-order valence-electron chi connectivity index (χ2n) is 20.6. The van der Waals surface area contributed by atoms with Gasteiger partial charge in [-0.15, -0.1) is 0 Å². The van der Waals surface area contributed by atoms with Crippen molar-refractivity contribution in [3.05, 3.63) is 407 Å². The fraction of sp³-hybridized carbons (Fsp3) is 0.0250. The molecule has 0 aliphatic carbocycles. The van der Waals surface area contributed by atoms with E-state index >= 15 is 0 Å². The van der Waals surface area contributed by atoms with Gasteiger partial charge in [0.2, 0.25) is 5.70 Å². The van der Waals surface area contributed by atoms with Crippen LogP contribution in [0.5, 0.6) is 0 Å². The van der Waals surface area contributed by atoms with Gasteiger partial charge in [0.25, 0.3) is 0 Å². The first kappa shape index (κ1) is 53.3. The van der Waals surface area contributed by atoms with E-state index in [1.165, 1.54) is 22.3 Å². The van der Waals surface area contributed by atoms with Crippen LogP contribution >= 0.6 is 0 Å². The Balaban J connectivity index is 0.863. The largest absolute Gasteiger partial charge is 0.311 e. The van der Waals surface area contributed by atoms with Crippen LogP contribution in [0.1, 0.15) is 67.5 Å². The first-order valence-electron chi connectivity index (χ1n) is 28.3. The molecule has 0 aromatic heterocycles. The number of rotatable bonds is 17. The number of anilines is 6. The lowest BCUT2D eigenvalue weighted by Crippen LogP contribution is -2.15. The Morgan fingerprint density at radius 3 is 0.821 bits per heavy atom. The minimum atomic E-state index is 0.0382. The van der Waals surface area contributed by atoms with Gasteiger partial charge in [-0.05, 0) is 140 Å². The predicted molar refractivity (Wildman–Crippen MR) is 349 cm³/mol. The summed E-state index contributed by atoms with van der Waals surface area (Å²) in [6.07, 6.45) is 0. The molecule has 12 rings (SSSR count). The summed E-state index contributed by atoms with van der Waals surface area (Å²) in [4.78, 5) is 8.49. The molecule has 0 spiro atoms. The zero-order valence-electron chi connectivity index (χ0n) is 46.3. The second kappa shape index (κ2) is 25.4. The first-order valence-corrected chi connectivity index (χ1v) is 28.3. The number of benzene rings is 12. The summed E-state index contributed by atoms with van der Waals surface area (Å²) in [5.41, 5.74) is 19.4. The average Bonchev–Trinajstić information content (AvgIpc) is 2.95. The Labute approximate surface area is 493 Å². The summed E-state index contributed by atoms with van der Waals surface area (Å²) in [6.45, 7) is 8.50. The lowest BCUT2D eigenvalue weighted by atomic mass is 9.74. The van der Waals surface area contributed by atoms with Crippen molar-refractivity contribution in [2.24, 2.45) is 0 Å². The molecule has 0 saturated heterocycles. The minimum absolute atomic E-state index is 0.0382. The number of allylic oxidation sites excluding steroid dienone is 1. The van der Waals surface area contributed by atoms with Gasteiger partial charge in [-0.25, -0.2) is 4.85 Å². The maximum atomic E-state index is 10.9. The molecule has 0 saturated carbocycles. The molecule has 0 heterocycles. The first-order chi connectivity index (χ1) is 41.6. The summed E-state index contributed by atoms with van der Waals surface area (Å²) in [7, 11) is 0. The fourth-order valence-corrected chi connectivity index (χ4v) is 11.6. The van der Waals surface area contributed by atoms with Crippen LogP contribution in [0.2, 0.25) is 0 Å². The third-order valence-corrected chi connectivity index (χ3v) is 15.5. The molecule has 0 bridgehead atoms. The van der Waals surface area contributed by atoms with Crippen molar-refractivity contribution < 1.29 is 0 Å². The van der Waals surface area contributed by atoms with Crippen LogP contribution in [-0.2, 0) is 0 Å². The molecule has 12 aromatic carbocycles. The highest BCUT2D eigenvalue weighted by Crippen LogP contribution is 2.45. The average molecular weight is 1080 g/mol. The molecule has 0 aliphatic heterocycles. The van der Waals surface area contributed by atoms with E-state index in [4.69, 9.17) is 6.57 Å². The van der Waals surface area contributed by atoms with E-state index in [0.717, 1.165) is 67.5 Å². The highest BCUT2D eigenvalue weighted by atomic mass is 15.1. The molecule has 0 radical (unpaired) electrons. The molecule has 4 heteroatoms. The van der Waals surface area contributed by atoms with Crippen LogP contribution in [0.25, 0.3) is 27.3 Å². The Bertz CT molecular complexity index is 4150. The van der Waals surface area contributed by atoms with Crippen molar-refractivity contribution in [3.63, 3.8) is 0 Å². The van der Waals surface area contributed by atoms with Crippen molar-refractivity contribution in [1.29, 1.82) is 5.26 Å². The van der Waals surface area contributed by atoms with E-state index in [9.17, 15) is 5.26 Å². The third kappa shape index (κ3) is 11.5. The summed E-state index contributed by atoms with van der Waals surface area (Å²) in [5, 5.41) is 10.9. The van der Waals surface area contributed by atoms with E-state index in [-0.39, 0.29) is 17.5 Å². The van der Waals surface area contributed by atoms with Gasteiger partial charge in [-0.2, -0.15) is 5.26 Å². The number of hydrogen-bond donors (Lipinski definition) is 0.